The van der Waals surface area contributed by atoms with Crippen LogP contribution in [0.4, 0.5) is 0 Å². The van der Waals surface area contributed by atoms with Crippen molar-refractivity contribution in [3.63, 3.8) is 0 Å². The number of ether oxygens (including phenoxy) is 1. The molecule has 0 radical (unpaired) electrons. The molecule has 1 amide bonds. The fourth-order valence-electron chi connectivity index (χ4n) is 2.76. The Morgan fingerprint density at radius 3 is 2.46 bits per heavy atom. The summed E-state index contributed by atoms with van der Waals surface area (Å²) in [6.45, 7) is 5.17. The molecule has 0 fully saturated rings. The second kappa shape index (κ2) is 8.35. The van der Waals surface area contributed by atoms with Crippen LogP contribution >= 0.6 is 11.6 Å². The summed E-state index contributed by atoms with van der Waals surface area (Å²) in [4.78, 5) is 33.3. The number of aromatic nitrogens is 2. The Morgan fingerprint density at radius 1 is 1.07 bits per heavy atom. The summed E-state index contributed by atoms with van der Waals surface area (Å²) in [5.74, 6) is -1.00. The van der Waals surface area contributed by atoms with Gasteiger partial charge in [-0.25, -0.2) is 14.8 Å². The van der Waals surface area contributed by atoms with Gasteiger partial charge in [0, 0.05) is 5.02 Å². The maximum Gasteiger partial charge on any atom is 0.338 e. The average molecular weight is 398 g/mol. The quantitative estimate of drug-likeness (QED) is 0.659. The van der Waals surface area contributed by atoms with Crippen LogP contribution < -0.4 is 5.32 Å². The predicted molar refractivity (Wildman–Crippen MR) is 107 cm³/mol. The molecular formula is C21H20ClN3O3. The third kappa shape index (κ3) is 4.46. The van der Waals surface area contributed by atoms with E-state index in [1.807, 2.05) is 39.0 Å². The van der Waals surface area contributed by atoms with Crippen LogP contribution in [-0.2, 0) is 9.53 Å². The van der Waals surface area contributed by atoms with Crippen molar-refractivity contribution < 1.29 is 14.3 Å². The van der Waals surface area contributed by atoms with E-state index in [-0.39, 0.29) is 12.6 Å². The predicted octanol–water partition coefficient (Wildman–Crippen LogP) is 3.93. The fraction of sp³-hybridized carbons (Fsp3) is 0.238. The third-order valence-electron chi connectivity index (χ3n) is 4.39. The number of esters is 1. The van der Waals surface area contributed by atoms with Crippen molar-refractivity contribution in [2.24, 2.45) is 0 Å². The van der Waals surface area contributed by atoms with Gasteiger partial charge in [-0.3, -0.25) is 4.79 Å². The van der Waals surface area contributed by atoms with Crippen molar-refractivity contribution >= 4 is 34.5 Å². The highest BCUT2D eigenvalue weighted by molar-refractivity contribution is 6.31. The van der Waals surface area contributed by atoms with Crippen molar-refractivity contribution in [3.8, 4) is 0 Å². The summed E-state index contributed by atoms with van der Waals surface area (Å²) < 4.78 is 5.13. The van der Waals surface area contributed by atoms with Crippen molar-refractivity contribution in [3.05, 3.63) is 70.0 Å². The number of hydrogen-bond donors (Lipinski definition) is 1. The highest BCUT2D eigenvalue weighted by Gasteiger charge is 2.15. The first-order valence-corrected chi connectivity index (χ1v) is 9.19. The third-order valence-corrected chi connectivity index (χ3v) is 4.74. The summed E-state index contributed by atoms with van der Waals surface area (Å²) >= 11 is 6.13. The normalized spacial score (nSPS) is 11.9. The van der Waals surface area contributed by atoms with Gasteiger partial charge in [0.2, 0.25) is 0 Å². The number of carbonyl (C=O) groups excluding carboxylic acids is 2. The van der Waals surface area contributed by atoms with Gasteiger partial charge in [-0.2, -0.15) is 0 Å². The minimum absolute atomic E-state index is 0.304. The van der Waals surface area contributed by atoms with E-state index in [4.69, 9.17) is 16.3 Å². The summed E-state index contributed by atoms with van der Waals surface area (Å²) in [6.07, 6.45) is 0. The standard InChI is InChI=1S/C21H20ClN3O3/c1-12-13(2)24-19-10-15(8-9-18(19)23-12)21(27)28-11-20(26)25-14(3)16-6-4-5-7-17(16)22/h4-10,14H,11H2,1-3H3,(H,25,26)/t14-/m1/s1. The molecule has 0 saturated carbocycles. The van der Waals surface area contributed by atoms with E-state index in [0.717, 1.165) is 17.0 Å². The zero-order valence-electron chi connectivity index (χ0n) is 15.8. The van der Waals surface area contributed by atoms with E-state index in [2.05, 4.69) is 15.3 Å². The Bertz CT molecular complexity index is 1050. The number of amides is 1. The first kappa shape index (κ1) is 19.8. The second-order valence-corrected chi connectivity index (χ2v) is 6.89. The molecular weight excluding hydrogens is 378 g/mol. The molecule has 1 atom stereocenters. The van der Waals surface area contributed by atoms with Gasteiger partial charge in [-0.15, -0.1) is 0 Å². The van der Waals surface area contributed by atoms with Gasteiger partial charge >= 0.3 is 5.97 Å². The number of aryl methyl sites for hydroxylation is 2. The van der Waals surface area contributed by atoms with Gasteiger partial charge in [-0.1, -0.05) is 29.8 Å². The zero-order valence-corrected chi connectivity index (χ0v) is 16.6. The van der Waals surface area contributed by atoms with Crippen LogP contribution in [0.3, 0.4) is 0 Å². The number of nitrogens with one attached hydrogen (secondary N) is 1. The molecule has 0 unspecified atom stereocenters. The molecule has 7 heteroatoms. The lowest BCUT2D eigenvalue weighted by Gasteiger charge is -2.15. The van der Waals surface area contributed by atoms with Crippen molar-refractivity contribution in [1.29, 1.82) is 0 Å². The minimum atomic E-state index is -0.595. The number of rotatable bonds is 5. The zero-order chi connectivity index (χ0) is 20.3. The maximum absolute atomic E-state index is 12.3. The molecule has 2 aromatic carbocycles. The lowest BCUT2D eigenvalue weighted by molar-refractivity contribution is -0.124. The molecule has 0 aliphatic rings. The number of hydrogen-bond acceptors (Lipinski definition) is 5. The Kier molecular flexibility index (Phi) is 5.90. The highest BCUT2D eigenvalue weighted by atomic mass is 35.5. The topological polar surface area (TPSA) is 81.2 Å². The maximum atomic E-state index is 12.3. The molecule has 0 aliphatic carbocycles. The van der Waals surface area contributed by atoms with Crippen molar-refractivity contribution in [2.45, 2.75) is 26.8 Å². The molecule has 3 aromatic rings. The molecule has 0 aliphatic heterocycles. The molecule has 3 rings (SSSR count). The molecule has 6 nitrogen and oxygen atoms in total. The van der Waals surface area contributed by atoms with Crippen LogP contribution in [0, 0.1) is 13.8 Å². The van der Waals surface area contributed by atoms with E-state index in [0.29, 0.717) is 21.6 Å². The van der Waals surface area contributed by atoms with E-state index < -0.39 is 11.9 Å². The summed E-state index contributed by atoms with van der Waals surface area (Å²) in [7, 11) is 0. The lowest BCUT2D eigenvalue weighted by Crippen LogP contribution is -2.31. The van der Waals surface area contributed by atoms with Crippen LogP contribution in [0.5, 0.6) is 0 Å². The summed E-state index contributed by atoms with van der Waals surface area (Å²) in [5.41, 5.74) is 4.05. The average Bonchev–Trinajstić information content (AvgIpc) is 2.67. The Morgan fingerprint density at radius 2 is 1.75 bits per heavy atom. The van der Waals surface area contributed by atoms with Gasteiger partial charge < -0.3 is 10.1 Å². The Balaban J connectivity index is 1.62. The Hall–Kier alpha value is -2.99. The number of benzene rings is 2. The molecule has 144 valence electrons. The van der Waals surface area contributed by atoms with E-state index >= 15 is 0 Å². The summed E-state index contributed by atoms with van der Waals surface area (Å²) in [5, 5.41) is 3.33. The van der Waals surface area contributed by atoms with Crippen LogP contribution in [0.2, 0.25) is 5.02 Å². The van der Waals surface area contributed by atoms with E-state index in [9.17, 15) is 9.59 Å². The SMILES string of the molecule is Cc1nc2ccc(C(=O)OCC(=O)N[C@H](C)c3ccccc3Cl)cc2nc1C. The molecule has 0 saturated heterocycles. The number of nitrogens with zero attached hydrogens (tertiary/aromatic N) is 2. The second-order valence-electron chi connectivity index (χ2n) is 6.48. The molecule has 0 bridgehead atoms. The van der Waals surface area contributed by atoms with Crippen LogP contribution in [-0.4, -0.2) is 28.5 Å². The minimum Gasteiger partial charge on any atom is -0.452 e. The number of halogens is 1. The molecule has 1 heterocycles. The van der Waals surface area contributed by atoms with Crippen LogP contribution in [0.25, 0.3) is 11.0 Å². The van der Waals surface area contributed by atoms with Gasteiger partial charge in [0.05, 0.1) is 34.0 Å². The van der Waals surface area contributed by atoms with Gasteiger partial charge in [0.1, 0.15) is 0 Å². The van der Waals surface area contributed by atoms with Gasteiger partial charge in [0.15, 0.2) is 6.61 Å². The smallest absolute Gasteiger partial charge is 0.338 e. The fourth-order valence-corrected chi connectivity index (χ4v) is 3.06. The number of fused-ring (bicyclic) bond motifs is 1. The summed E-state index contributed by atoms with van der Waals surface area (Å²) in [6, 6.07) is 11.9. The first-order valence-electron chi connectivity index (χ1n) is 8.81. The van der Waals surface area contributed by atoms with Crippen molar-refractivity contribution in [1.82, 2.24) is 15.3 Å². The lowest BCUT2D eigenvalue weighted by atomic mass is 10.1. The Labute approximate surface area is 167 Å². The van der Waals surface area contributed by atoms with Crippen LogP contribution in [0.15, 0.2) is 42.5 Å². The van der Waals surface area contributed by atoms with Crippen molar-refractivity contribution in [2.75, 3.05) is 6.61 Å². The van der Waals surface area contributed by atoms with Crippen LogP contribution in [0.1, 0.15) is 40.3 Å². The highest BCUT2D eigenvalue weighted by Crippen LogP contribution is 2.22. The monoisotopic (exact) mass is 397 g/mol. The van der Waals surface area contributed by atoms with E-state index in [1.165, 1.54) is 0 Å². The number of carbonyl (C=O) groups is 2. The van der Waals surface area contributed by atoms with Gasteiger partial charge in [0.25, 0.3) is 5.91 Å². The largest absolute Gasteiger partial charge is 0.452 e. The molecule has 1 aromatic heterocycles. The van der Waals surface area contributed by atoms with Gasteiger partial charge in [-0.05, 0) is 50.6 Å². The molecule has 28 heavy (non-hydrogen) atoms. The first-order chi connectivity index (χ1) is 13.3. The molecule has 0 spiro atoms. The van der Waals surface area contributed by atoms with E-state index in [1.54, 1.807) is 24.3 Å². The molecule has 1 N–H and O–H groups in total.